The van der Waals surface area contributed by atoms with Crippen molar-refractivity contribution in [3.63, 3.8) is 0 Å². The fraction of sp³-hybridized carbons (Fsp3) is 0.381. The largest absolute Gasteiger partial charge is 0.484 e. The molecule has 158 valence electrons. The van der Waals surface area contributed by atoms with Gasteiger partial charge in [-0.05, 0) is 43.7 Å². The average Bonchev–Trinajstić information content (AvgIpc) is 2.65. The Kier molecular flexibility index (Phi) is 8.01. The number of carbonyl (C=O) groups excluding carboxylic acids is 1. The normalized spacial score (nSPS) is 12.3. The van der Waals surface area contributed by atoms with E-state index in [0.29, 0.717) is 11.4 Å². The molecule has 0 aliphatic carbocycles. The van der Waals surface area contributed by atoms with Gasteiger partial charge in [-0.15, -0.1) is 0 Å². The molecule has 0 saturated carbocycles. The van der Waals surface area contributed by atoms with Crippen molar-refractivity contribution in [2.75, 3.05) is 17.2 Å². The van der Waals surface area contributed by atoms with E-state index in [9.17, 15) is 17.6 Å². The van der Waals surface area contributed by atoms with Gasteiger partial charge in [0, 0.05) is 11.6 Å². The van der Waals surface area contributed by atoms with Gasteiger partial charge >= 0.3 is 0 Å². The fourth-order valence-electron chi connectivity index (χ4n) is 2.86. The molecular formula is C21H27FN2O4S. The van der Waals surface area contributed by atoms with Crippen LogP contribution < -0.4 is 14.4 Å². The lowest BCUT2D eigenvalue weighted by atomic mass is 10.2. The molecule has 29 heavy (non-hydrogen) atoms. The van der Waals surface area contributed by atoms with Gasteiger partial charge in [0.15, 0.2) is 6.61 Å². The number of halogens is 1. The fourth-order valence-corrected chi connectivity index (χ4v) is 3.74. The van der Waals surface area contributed by atoms with Crippen LogP contribution in [0.4, 0.5) is 10.1 Å². The van der Waals surface area contributed by atoms with Gasteiger partial charge in [-0.3, -0.25) is 9.10 Å². The molecule has 0 radical (unpaired) electrons. The molecule has 1 atom stereocenters. The van der Waals surface area contributed by atoms with Crippen molar-refractivity contribution in [2.45, 2.75) is 39.3 Å². The zero-order chi connectivity index (χ0) is 21.4. The molecule has 0 saturated heterocycles. The molecule has 6 nitrogen and oxygen atoms in total. The molecule has 2 rings (SSSR count). The molecule has 2 aromatic carbocycles. The van der Waals surface area contributed by atoms with Gasteiger partial charge in [-0.1, -0.05) is 31.5 Å². The molecule has 0 heterocycles. The Morgan fingerprint density at radius 1 is 1.17 bits per heavy atom. The molecule has 0 spiro atoms. The maximum absolute atomic E-state index is 14.0. The smallest absolute Gasteiger partial charge is 0.258 e. The van der Waals surface area contributed by atoms with E-state index < -0.39 is 15.8 Å². The third-order valence-electron chi connectivity index (χ3n) is 4.30. The summed E-state index contributed by atoms with van der Waals surface area (Å²) in [5.74, 6) is -0.247. The monoisotopic (exact) mass is 422 g/mol. The van der Waals surface area contributed by atoms with E-state index in [4.69, 9.17) is 4.74 Å². The summed E-state index contributed by atoms with van der Waals surface area (Å²) in [4.78, 5) is 11.9. The zero-order valence-electron chi connectivity index (χ0n) is 16.9. The molecule has 0 aromatic heterocycles. The average molecular weight is 423 g/mol. The van der Waals surface area contributed by atoms with Crippen molar-refractivity contribution in [3.8, 4) is 5.75 Å². The summed E-state index contributed by atoms with van der Waals surface area (Å²) in [5, 5.41) is 2.85. The Morgan fingerprint density at radius 3 is 2.41 bits per heavy atom. The Morgan fingerprint density at radius 2 is 1.83 bits per heavy atom. The lowest BCUT2D eigenvalue weighted by molar-refractivity contribution is -0.123. The third kappa shape index (κ3) is 7.05. The summed E-state index contributed by atoms with van der Waals surface area (Å²) in [6.07, 6.45) is 2.94. The van der Waals surface area contributed by atoms with E-state index in [1.165, 1.54) is 6.07 Å². The van der Waals surface area contributed by atoms with Crippen LogP contribution in [0.5, 0.6) is 5.75 Å². The molecule has 0 fully saturated rings. The molecular weight excluding hydrogens is 395 g/mol. The van der Waals surface area contributed by atoms with E-state index in [-0.39, 0.29) is 30.7 Å². The van der Waals surface area contributed by atoms with E-state index >= 15 is 0 Å². The van der Waals surface area contributed by atoms with Crippen LogP contribution in [-0.4, -0.2) is 33.2 Å². The van der Waals surface area contributed by atoms with E-state index in [0.717, 1.165) is 23.4 Å². The van der Waals surface area contributed by atoms with Gasteiger partial charge in [0.05, 0.1) is 18.5 Å². The first-order chi connectivity index (χ1) is 13.7. The van der Waals surface area contributed by atoms with Gasteiger partial charge in [-0.2, -0.15) is 0 Å². The lowest BCUT2D eigenvalue weighted by Gasteiger charge is -2.23. The molecule has 1 amide bonds. The van der Waals surface area contributed by atoms with Crippen molar-refractivity contribution in [1.82, 2.24) is 5.32 Å². The van der Waals surface area contributed by atoms with E-state index in [1.807, 2.05) is 13.8 Å². The number of carbonyl (C=O) groups is 1. The SMILES string of the molecule is CCC[C@@H](C)NC(=O)COc1ccc(N(Cc2ccccc2F)S(C)(=O)=O)cc1. The van der Waals surface area contributed by atoms with Crippen LogP contribution in [0, 0.1) is 5.82 Å². The molecule has 0 bridgehead atoms. The summed E-state index contributed by atoms with van der Waals surface area (Å²) in [6.45, 7) is 3.74. The lowest BCUT2D eigenvalue weighted by Crippen LogP contribution is -2.35. The molecule has 0 unspecified atom stereocenters. The van der Waals surface area contributed by atoms with Crippen LogP contribution >= 0.6 is 0 Å². The maximum atomic E-state index is 14.0. The van der Waals surface area contributed by atoms with Gasteiger partial charge in [0.1, 0.15) is 11.6 Å². The number of sulfonamides is 1. The van der Waals surface area contributed by atoms with Gasteiger partial charge < -0.3 is 10.1 Å². The van der Waals surface area contributed by atoms with Crippen molar-refractivity contribution in [3.05, 3.63) is 59.9 Å². The first kappa shape index (κ1) is 22.7. The summed E-state index contributed by atoms with van der Waals surface area (Å²) in [6, 6.07) is 12.4. The number of benzene rings is 2. The quantitative estimate of drug-likeness (QED) is 0.636. The summed E-state index contributed by atoms with van der Waals surface area (Å²) in [7, 11) is -3.63. The minimum absolute atomic E-state index is 0.0835. The van der Waals surface area contributed by atoms with Crippen LogP contribution in [0.1, 0.15) is 32.3 Å². The third-order valence-corrected chi connectivity index (χ3v) is 5.44. The van der Waals surface area contributed by atoms with Gasteiger partial charge in [0.2, 0.25) is 10.0 Å². The number of hydrogen-bond acceptors (Lipinski definition) is 4. The Labute approximate surface area is 171 Å². The topological polar surface area (TPSA) is 75.7 Å². The Bertz CT molecular complexity index is 917. The number of anilines is 1. The summed E-state index contributed by atoms with van der Waals surface area (Å²) in [5.41, 5.74) is 0.653. The van der Waals surface area contributed by atoms with Crippen molar-refractivity contribution in [2.24, 2.45) is 0 Å². The van der Waals surface area contributed by atoms with Crippen molar-refractivity contribution in [1.29, 1.82) is 0 Å². The highest BCUT2D eigenvalue weighted by Crippen LogP contribution is 2.24. The number of hydrogen-bond donors (Lipinski definition) is 1. The van der Waals surface area contributed by atoms with Crippen LogP contribution in [0.3, 0.4) is 0 Å². The number of ether oxygens (including phenoxy) is 1. The highest BCUT2D eigenvalue weighted by Gasteiger charge is 2.19. The standard InChI is InChI=1S/C21H27FN2O4S/c1-4-7-16(2)23-21(25)15-28-19-12-10-18(11-13-19)24(29(3,26)27)14-17-8-5-6-9-20(17)22/h5-6,8-13,16H,4,7,14-15H2,1-3H3,(H,23,25)/t16-/m1/s1. The van der Waals surface area contributed by atoms with E-state index in [2.05, 4.69) is 5.32 Å². The van der Waals surface area contributed by atoms with E-state index in [1.54, 1.807) is 42.5 Å². The van der Waals surface area contributed by atoms with Crippen LogP contribution in [0.2, 0.25) is 0 Å². The minimum Gasteiger partial charge on any atom is -0.484 e. The molecule has 2 aromatic rings. The van der Waals surface area contributed by atoms with Crippen LogP contribution in [0.15, 0.2) is 48.5 Å². The first-order valence-electron chi connectivity index (χ1n) is 9.44. The molecule has 0 aliphatic rings. The minimum atomic E-state index is -3.63. The second-order valence-electron chi connectivity index (χ2n) is 6.90. The Balaban J connectivity index is 2.06. The predicted molar refractivity (Wildman–Crippen MR) is 112 cm³/mol. The first-order valence-corrected chi connectivity index (χ1v) is 11.3. The molecule has 1 N–H and O–H groups in total. The highest BCUT2D eigenvalue weighted by atomic mass is 32.2. The Hall–Kier alpha value is -2.61. The highest BCUT2D eigenvalue weighted by molar-refractivity contribution is 7.92. The summed E-state index contributed by atoms with van der Waals surface area (Å²) < 4.78 is 45.0. The van der Waals surface area contributed by atoms with Crippen LogP contribution in [0.25, 0.3) is 0 Å². The second kappa shape index (κ2) is 10.2. The molecule has 0 aliphatic heterocycles. The second-order valence-corrected chi connectivity index (χ2v) is 8.81. The van der Waals surface area contributed by atoms with Crippen molar-refractivity contribution < 1.29 is 22.3 Å². The van der Waals surface area contributed by atoms with Crippen LogP contribution in [-0.2, 0) is 21.4 Å². The molecule has 8 heteroatoms. The number of nitrogens with one attached hydrogen (secondary N) is 1. The number of nitrogens with zero attached hydrogens (tertiary/aromatic N) is 1. The zero-order valence-corrected chi connectivity index (χ0v) is 17.7. The maximum Gasteiger partial charge on any atom is 0.258 e. The summed E-state index contributed by atoms with van der Waals surface area (Å²) >= 11 is 0. The van der Waals surface area contributed by atoms with Gasteiger partial charge in [0.25, 0.3) is 5.91 Å². The number of rotatable bonds is 10. The van der Waals surface area contributed by atoms with Crippen molar-refractivity contribution >= 4 is 21.6 Å². The number of amides is 1. The van der Waals surface area contributed by atoms with Gasteiger partial charge in [-0.25, -0.2) is 12.8 Å². The predicted octanol–water partition coefficient (Wildman–Crippen LogP) is 3.48.